The summed E-state index contributed by atoms with van der Waals surface area (Å²) >= 11 is 0. The van der Waals surface area contributed by atoms with Crippen LogP contribution in [0.25, 0.3) is 11.3 Å². The highest BCUT2D eigenvalue weighted by atomic mass is 19.1. The van der Waals surface area contributed by atoms with E-state index >= 15 is 0 Å². The van der Waals surface area contributed by atoms with Gasteiger partial charge in [-0.1, -0.05) is 18.2 Å². The minimum atomic E-state index is -0.234. The first kappa shape index (κ1) is 21.1. The molecule has 0 aliphatic carbocycles. The van der Waals surface area contributed by atoms with Gasteiger partial charge in [0.15, 0.2) is 0 Å². The summed E-state index contributed by atoms with van der Waals surface area (Å²) in [6.45, 7) is 1.51. The zero-order valence-corrected chi connectivity index (χ0v) is 18.5. The molecule has 1 unspecified atom stereocenters. The van der Waals surface area contributed by atoms with Crippen LogP contribution < -0.4 is 10.1 Å². The number of halogens is 1. The molecule has 32 heavy (non-hydrogen) atoms. The first-order valence-corrected chi connectivity index (χ1v) is 11.5. The smallest absolute Gasteiger partial charge is 0.123 e. The van der Waals surface area contributed by atoms with Crippen molar-refractivity contribution in [2.24, 2.45) is 0 Å². The number of rotatable bonds is 7. The number of benzene rings is 2. The molecule has 1 aromatic heterocycles. The molecule has 1 N–H and O–H groups in total. The van der Waals surface area contributed by atoms with Gasteiger partial charge in [-0.05, 0) is 86.3 Å². The van der Waals surface area contributed by atoms with Gasteiger partial charge in [-0.2, -0.15) is 0 Å². The number of ether oxygens (including phenoxy) is 1. The Balaban J connectivity index is 1.13. The van der Waals surface area contributed by atoms with Crippen molar-refractivity contribution in [3.63, 3.8) is 0 Å². The van der Waals surface area contributed by atoms with Crippen molar-refractivity contribution in [3.05, 3.63) is 83.8 Å². The van der Waals surface area contributed by atoms with Crippen molar-refractivity contribution in [1.29, 1.82) is 0 Å². The molecule has 3 aromatic rings. The lowest BCUT2D eigenvalue weighted by molar-refractivity contribution is 0.0661. The molecule has 2 fully saturated rings. The number of nitrogens with zero attached hydrogens (tertiary/aromatic N) is 2. The van der Waals surface area contributed by atoms with Crippen LogP contribution in [-0.4, -0.2) is 35.1 Å². The lowest BCUT2D eigenvalue weighted by Gasteiger charge is -2.36. The summed E-state index contributed by atoms with van der Waals surface area (Å²) in [5.74, 6) is 0.742. The predicted octanol–water partition coefficient (Wildman–Crippen LogP) is 5.18. The number of hydrogen-bond acceptors (Lipinski definition) is 4. The molecule has 3 heterocycles. The molecular formula is C27H30FN3O. The van der Waals surface area contributed by atoms with Crippen LogP contribution in [-0.2, 0) is 13.1 Å². The average molecular weight is 432 g/mol. The van der Waals surface area contributed by atoms with Crippen molar-refractivity contribution < 1.29 is 9.13 Å². The fraction of sp³-hybridized carbons (Fsp3) is 0.370. The van der Waals surface area contributed by atoms with Crippen LogP contribution >= 0.6 is 0 Å². The molecule has 2 aliphatic rings. The molecule has 4 nitrogen and oxygen atoms in total. The monoisotopic (exact) mass is 431 g/mol. The molecule has 5 rings (SSSR count). The summed E-state index contributed by atoms with van der Waals surface area (Å²) in [6, 6.07) is 20.3. The minimum Gasteiger partial charge on any atom is -0.490 e. The molecule has 166 valence electrons. The maximum atomic E-state index is 13.1. The quantitative estimate of drug-likeness (QED) is 0.559. The largest absolute Gasteiger partial charge is 0.490 e. The van der Waals surface area contributed by atoms with Crippen LogP contribution in [0.15, 0.2) is 66.9 Å². The third-order valence-electron chi connectivity index (χ3n) is 6.88. The summed E-state index contributed by atoms with van der Waals surface area (Å²) in [7, 11) is 2.26. The van der Waals surface area contributed by atoms with Gasteiger partial charge in [-0.3, -0.25) is 4.98 Å². The van der Waals surface area contributed by atoms with Crippen molar-refractivity contribution >= 4 is 0 Å². The zero-order chi connectivity index (χ0) is 21.9. The van der Waals surface area contributed by atoms with E-state index < -0.39 is 0 Å². The Morgan fingerprint density at radius 2 is 1.72 bits per heavy atom. The molecule has 2 saturated heterocycles. The van der Waals surface area contributed by atoms with Gasteiger partial charge in [-0.15, -0.1) is 0 Å². The Labute approximate surface area is 189 Å². The average Bonchev–Trinajstić information content (AvgIpc) is 3.01. The van der Waals surface area contributed by atoms with Crippen LogP contribution in [0.1, 0.15) is 36.8 Å². The van der Waals surface area contributed by atoms with Crippen LogP contribution in [0.3, 0.4) is 0 Å². The lowest BCUT2D eigenvalue weighted by atomic mass is 10.0. The number of aromatic nitrogens is 1. The molecule has 0 radical (unpaired) electrons. The van der Waals surface area contributed by atoms with E-state index in [9.17, 15) is 4.39 Å². The van der Waals surface area contributed by atoms with Gasteiger partial charge in [0.2, 0.25) is 0 Å². The molecule has 2 bridgehead atoms. The number of piperidine rings is 1. The van der Waals surface area contributed by atoms with Gasteiger partial charge in [0.25, 0.3) is 0 Å². The number of hydrogen-bond donors (Lipinski definition) is 1. The van der Waals surface area contributed by atoms with Crippen molar-refractivity contribution in [3.8, 4) is 17.0 Å². The van der Waals surface area contributed by atoms with E-state index in [1.54, 1.807) is 12.1 Å². The molecule has 0 saturated carbocycles. The second-order valence-corrected chi connectivity index (χ2v) is 9.07. The van der Waals surface area contributed by atoms with Crippen LogP contribution in [0.4, 0.5) is 4.39 Å². The van der Waals surface area contributed by atoms with E-state index in [4.69, 9.17) is 4.74 Å². The lowest BCUT2D eigenvalue weighted by Crippen LogP contribution is -2.43. The number of pyridine rings is 1. The van der Waals surface area contributed by atoms with E-state index in [1.807, 2.05) is 12.3 Å². The molecule has 5 heteroatoms. The molecular weight excluding hydrogens is 401 g/mol. The van der Waals surface area contributed by atoms with Gasteiger partial charge in [0.05, 0.1) is 5.69 Å². The van der Waals surface area contributed by atoms with E-state index in [1.165, 1.54) is 30.5 Å². The fourth-order valence-corrected chi connectivity index (χ4v) is 5.05. The first-order valence-electron chi connectivity index (χ1n) is 11.5. The summed E-state index contributed by atoms with van der Waals surface area (Å²) in [5.41, 5.74) is 4.10. The Bertz CT molecular complexity index is 1020. The van der Waals surface area contributed by atoms with Gasteiger partial charge in [0, 0.05) is 36.9 Å². The standard InChI is InChI=1S/C27H30FN3O/c1-31-23-10-11-24(31)15-26(14-23)32-25-4-2-3-19(13-25)16-29-17-20-5-12-27(30-18-20)21-6-8-22(28)9-7-21/h2-9,12-13,18,23-24,26,29H,10-11,14-17H2,1H3/t23-,24+,26?. The Kier molecular flexibility index (Phi) is 6.19. The van der Waals surface area contributed by atoms with Crippen LogP contribution in [0.5, 0.6) is 5.75 Å². The van der Waals surface area contributed by atoms with Gasteiger partial charge < -0.3 is 15.0 Å². The highest BCUT2D eigenvalue weighted by Gasteiger charge is 2.39. The second kappa shape index (κ2) is 9.39. The molecule has 2 aliphatic heterocycles. The summed E-state index contributed by atoms with van der Waals surface area (Å²) in [6.07, 6.45) is 7.10. The topological polar surface area (TPSA) is 37.4 Å². The summed E-state index contributed by atoms with van der Waals surface area (Å²) < 4.78 is 19.5. The van der Waals surface area contributed by atoms with E-state index in [0.29, 0.717) is 18.2 Å². The van der Waals surface area contributed by atoms with Crippen molar-refractivity contribution in [2.75, 3.05) is 7.05 Å². The predicted molar refractivity (Wildman–Crippen MR) is 125 cm³/mol. The van der Waals surface area contributed by atoms with Crippen LogP contribution in [0.2, 0.25) is 0 Å². The van der Waals surface area contributed by atoms with Gasteiger partial charge in [0.1, 0.15) is 17.7 Å². The molecule has 3 atom stereocenters. The Morgan fingerprint density at radius 3 is 2.44 bits per heavy atom. The third kappa shape index (κ3) is 4.84. The molecule has 0 amide bonds. The van der Waals surface area contributed by atoms with Gasteiger partial charge >= 0.3 is 0 Å². The number of nitrogens with one attached hydrogen (secondary N) is 1. The number of fused-ring (bicyclic) bond motifs is 2. The van der Waals surface area contributed by atoms with E-state index in [-0.39, 0.29) is 5.82 Å². The minimum absolute atomic E-state index is 0.234. The first-order chi connectivity index (χ1) is 15.6. The highest BCUT2D eigenvalue weighted by molar-refractivity contribution is 5.58. The maximum Gasteiger partial charge on any atom is 0.123 e. The van der Waals surface area contributed by atoms with Crippen molar-refractivity contribution in [2.45, 2.75) is 57.0 Å². The maximum absolute atomic E-state index is 13.1. The Morgan fingerprint density at radius 1 is 0.969 bits per heavy atom. The zero-order valence-electron chi connectivity index (χ0n) is 18.5. The highest BCUT2D eigenvalue weighted by Crippen LogP contribution is 2.36. The van der Waals surface area contributed by atoms with Crippen LogP contribution in [0, 0.1) is 5.82 Å². The van der Waals surface area contributed by atoms with E-state index in [0.717, 1.165) is 48.5 Å². The fourth-order valence-electron chi connectivity index (χ4n) is 5.05. The SMILES string of the molecule is CN1[C@@H]2CC[C@H]1CC(Oc1cccc(CNCc3ccc(-c4ccc(F)cc4)nc3)c1)C2. The molecule has 0 spiro atoms. The van der Waals surface area contributed by atoms with E-state index in [2.05, 4.69) is 52.6 Å². The molecule has 2 aromatic carbocycles. The van der Waals surface area contributed by atoms with Crippen molar-refractivity contribution in [1.82, 2.24) is 15.2 Å². The Hall–Kier alpha value is -2.76. The summed E-state index contributed by atoms with van der Waals surface area (Å²) in [4.78, 5) is 7.06. The summed E-state index contributed by atoms with van der Waals surface area (Å²) in [5, 5.41) is 3.49. The van der Waals surface area contributed by atoms with Gasteiger partial charge in [-0.25, -0.2) is 4.39 Å². The second-order valence-electron chi connectivity index (χ2n) is 9.07. The third-order valence-corrected chi connectivity index (χ3v) is 6.88. The normalized spacial score (nSPS) is 22.8.